The van der Waals surface area contributed by atoms with Crippen LogP contribution in [0.2, 0.25) is 0 Å². The highest BCUT2D eigenvalue weighted by atomic mass is 19.1. The molecule has 0 fully saturated rings. The minimum absolute atomic E-state index is 0.253. The number of nitrogens with two attached hydrogens (primary N) is 1. The molecule has 0 aliphatic heterocycles. The van der Waals surface area contributed by atoms with E-state index in [1.165, 1.54) is 12.3 Å². The second-order valence-corrected chi connectivity index (χ2v) is 3.44. The molecule has 0 bridgehead atoms. The Bertz CT molecular complexity index is 476. The van der Waals surface area contributed by atoms with Gasteiger partial charge in [0.1, 0.15) is 11.6 Å². The van der Waals surface area contributed by atoms with Gasteiger partial charge in [-0.2, -0.15) is 0 Å². The van der Waals surface area contributed by atoms with Crippen LogP contribution in [0.1, 0.15) is 11.3 Å². The van der Waals surface area contributed by atoms with E-state index in [2.05, 4.69) is 0 Å². The summed E-state index contributed by atoms with van der Waals surface area (Å²) in [5.41, 5.74) is 7.79. The highest BCUT2D eigenvalue weighted by molar-refractivity contribution is 5.66. The van der Waals surface area contributed by atoms with Gasteiger partial charge in [-0.05, 0) is 25.1 Å². The van der Waals surface area contributed by atoms with Crippen molar-refractivity contribution in [3.8, 4) is 11.1 Å². The Morgan fingerprint density at radius 3 is 2.80 bits per heavy atom. The van der Waals surface area contributed by atoms with Gasteiger partial charge in [-0.3, -0.25) is 0 Å². The van der Waals surface area contributed by atoms with E-state index in [1.807, 2.05) is 6.92 Å². The number of halogens is 1. The second-order valence-electron chi connectivity index (χ2n) is 3.44. The maximum Gasteiger partial charge on any atom is 0.131 e. The van der Waals surface area contributed by atoms with Crippen LogP contribution in [0.25, 0.3) is 11.1 Å². The van der Waals surface area contributed by atoms with Gasteiger partial charge in [0.25, 0.3) is 0 Å². The molecular weight excluding hydrogens is 193 g/mol. The van der Waals surface area contributed by atoms with Crippen molar-refractivity contribution in [3.05, 3.63) is 47.7 Å². The smallest absolute Gasteiger partial charge is 0.131 e. The summed E-state index contributed by atoms with van der Waals surface area (Å²) in [7, 11) is 0. The van der Waals surface area contributed by atoms with Gasteiger partial charge in [0.05, 0.1) is 12.8 Å². The number of hydrogen-bond acceptors (Lipinski definition) is 2. The molecule has 2 N–H and O–H groups in total. The van der Waals surface area contributed by atoms with Crippen LogP contribution in [0.15, 0.2) is 34.9 Å². The summed E-state index contributed by atoms with van der Waals surface area (Å²) < 4.78 is 18.7. The van der Waals surface area contributed by atoms with Crippen molar-refractivity contribution in [1.82, 2.24) is 0 Å². The molecule has 0 saturated carbocycles. The lowest BCUT2D eigenvalue weighted by molar-refractivity contribution is 0.513. The Labute approximate surface area is 87.5 Å². The zero-order valence-electron chi connectivity index (χ0n) is 8.46. The molecule has 0 atom stereocenters. The molecule has 1 heterocycles. The van der Waals surface area contributed by atoms with Crippen LogP contribution in [-0.2, 0) is 6.54 Å². The topological polar surface area (TPSA) is 39.2 Å². The predicted octanol–water partition coefficient (Wildman–Crippen LogP) is 2.85. The molecule has 2 aromatic rings. The van der Waals surface area contributed by atoms with Gasteiger partial charge < -0.3 is 10.2 Å². The van der Waals surface area contributed by atoms with Gasteiger partial charge >= 0.3 is 0 Å². The van der Waals surface area contributed by atoms with Crippen molar-refractivity contribution >= 4 is 0 Å². The van der Waals surface area contributed by atoms with Gasteiger partial charge in [-0.25, -0.2) is 4.39 Å². The van der Waals surface area contributed by atoms with E-state index < -0.39 is 0 Å². The van der Waals surface area contributed by atoms with Gasteiger partial charge in [-0.1, -0.05) is 11.6 Å². The highest BCUT2D eigenvalue weighted by Gasteiger charge is 2.11. The lowest BCUT2D eigenvalue weighted by atomic mass is 10.0. The van der Waals surface area contributed by atoms with Gasteiger partial charge in [0.2, 0.25) is 0 Å². The first-order valence-corrected chi connectivity index (χ1v) is 4.75. The molecule has 78 valence electrons. The molecule has 2 nitrogen and oxygen atoms in total. The number of aryl methyl sites for hydroxylation is 1. The van der Waals surface area contributed by atoms with E-state index in [-0.39, 0.29) is 12.4 Å². The average Bonchev–Trinajstić information content (AvgIpc) is 2.69. The maximum absolute atomic E-state index is 13.6. The van der Waals surface area contributed by atoms with Crippen molar-refractivity contribution < 1.29 is 8.81 Å². The summed E-state index contributed by atoms with van der Waals surface area (Å²) in [5, 5.41) is 0. The molecule has 1 aromatic heterocycles. The number of hydrogen-bond donors (Lipinski definition) is 1. The third-order valence-electron chi connectivity index (χ3n) is 2.34. The van der Waals surface area contributed by atoms with Crippen LogP contribution in [-0.4, -0.2) is 0 Å². The van der Waals surface area contributed by atoms with Crippen molar-refractivity contribution in [3.63, 3.8) is 0 Å². The molecule has 0 spiro atoms. The predicted molar refractivity (Wildman–Crippen MR) is 56.7 cm³/mol. The van der Waals surface area contributed by atoms with E-state index in [0.717, 1.165) is 11.1 Å². The Balaban J connectivity index is 2.58. The molecule has 0 amide bonds. The molecule has 0 saturated heterocycles. The SMILES string of the molecule is Cc1ccc(F)c(-c2ccoc2CN)c1. The first kappa shape index (κ1) is 9.93. The van der Waals surface area contributed by atoms with Gasteiger partial charge in [0, 0.05) is 11.1 Å². The largest absolute Gasteiger partial charge is 0.467 e. The number of benzene rings is 1. The van der Waals surface area contributed by atoms with Crippen molar-refractivity contribution in [2.45, 2.75) is 13.5 Å². The summed E-state index contributed by atoms with van der Waals surface area (Å²) in [6.07, 6.45) is 1.53. The van der Waals surface area contributed by atoms with Crippen LogP contribution < -0.4 is 5.73 Å². The van der Waals surface area contributed by atoms with Crippen molar-refractivity contribution in [2.75, 3.05) is 0 Å². The molecule has 0 unspecified atom stereocenters. The van der Waals surface area contributed by atoms with Crippen LogP contribution in [0.4, 0.5) is 4.39 Å². The van der Waals surface area contributed by atoms with E-state index >= 15 is 0 Å². The lowest BCUT2D eigenvalue weighted by Gasteiger charge is -2.03. The van der Waals surface area contributed by atoms with Gasteiger partial charge in [0.15, 0.2) is 0 Å². The fourth-order valence-corrected chi connectivity index (χ4v) is 1.58. The Kier molecular flexibility index (Phi) is 2.56. The molecular formula is C12H12FNO. The minimum Gasteiger partial charge on any atom is -0.467 e. The second kappa shape index (κ2) is 3.87. The summed E-state index contributed by atoms with van der Waals surface area (Å²) in [6, 6.07) is 6.72. The number of furan rings is 1. The third kappa shape index (κ3) is 1.78. The first-order valence-electron chi connectivity index (χ1n) is 4.75. The first-order chi connectivity index (χ1) is 7.22. The fourth-order valence-electron chi connectivity index (χ4n) is 1.58. The van der Waals surface area contributed by atoms with E-state index in [0.29, 0.717) is 11.3 Å². The number of rotatable bonds is 2. The lowest BCUT2D eigenvalue weighted by Crippen LogP contribution is -1.97. The summed E-state index contributed by atoms with van der Waals surface area (Å²) in [6.45, 7) is 2.20. The maximum atomic E-state index is 13.6. The quantitative estimate of drug-likeness (QED) is 0.818. The van der Waals surface area contributed by atoms with E-state index in [1.54, 1.807) is 18.2 Å². The van der Waals surface area contributed by atoms with E-state index in [4.69, 9.17) is 10.2 Å². The fraction of sp³-hybridized carbons (Fsp3) is 0.167. The van der Waals surface area contributed by atoms with E-state index in [9.17, 15) is 4.39 Å². The summed E-state index contributed by atoms with van der Waals surface area (Å²) in [5.74, 6) is 0.358. The summed E-state index contributed by atoms with van der Waals surface area (Å²) >= 11 is 0. The molecule has 15 heavy (non-hydrogen) atoms. The average molecular weight is 205 g/mol. The van der Waals surface area contributed by atoms with Crippen LogP contribution in [0, 0.1) is 12.7 Å². The summed E-state index contributed by atoms with van der Waals surface area (Å²) in [4.78, 5) is 0. The normalized spacial score (nSPS) is 10.6. The minimum atomic E-state index is -0.253. The Morgan fingerprint density at radius 2 is 2.07 bits per heavy atom. The zero-order chi connectivity index (χ0) is 10.8. The molecule has 0 aliphatic carbocycles. The molecule has 3 heteroatoms. The third-order valence-corrected chi connectivity index (χ3v) is 2.34. The molecule has 0 aliphatic rings. The molecule has 0 radical (unpaired) electrons. The van der Waals surface area contributed by atoms with Gasteiger partial charge in [-0.15, -0.1) is 0 Å². The van der Waals surface area contributed by atoms with Crippen molar-refractivity contribution in [2.24, 2.45) is 5.73 Å². The van der Waals surface area contributed by atoms with Crippen LogP contribution in [0.5, 0.6) is 0 Å². The Hall–Kier alpha value is -1.61. The molecule has 2 rings (SSSR count). The Morgan fingerprint density at radius 1 is 1.27 bits per heavy atom. The standard InChI is InChI=1S/C12H12FNO/c1-8-2-3-11(13)10(6-8)9-4-5-15-12(9)7-14/h2-6H,7,14H2,1H3. The monoisotopic (exact) mass is 205 g/mol. The van der Waals surface area contributed by atoms with Crippen molar-refractivity contribution in [1.29, 1.82) is 0 Å². The van der Waals surface area contributed by atoms with Crippen LogP contribution in [0.3, 0.4) is 0 Å². The van der Waals surface area contributed by atoms with Crippen LogP contribution >= 0.6 is 0 Å². The highest BCUT2D eigenvalue weighted by Crippen LogP contribution is 2.27. The zero-order valence-corrected chi connectivity index (χ0v) is 8.46. The molecule has 1 aromatic carbocycles.